The van der Waals surface area contributed by atoms with Gasteiger partial charge in [0.1, 0.15) is 0 Å². The molecule has 0 fully saturated rings. The lowest BCUT2D eigenvalue weighted by atomic mass is 9.91. The first-order valence-corrected chi connectivity index (χ1v) is 14.1. The van der Waals surface area contributed by atoms with Gasteiger partial charge in [0.25, 0.3) is 5.56 Å². The maximum atomic E-state index is 14.2. The van der Waals surface area contributed by atoms with E-state index in [2.05, 4.69) is 30.2 Å². The molecule has 200 valence electrons. The highest BCUT2D eigenvalue weighted by Crippen LogP contribution is 2.35. The van der Waals surface area contributed by atoms with E-state index in [0.717, 1.165) is 38.5 Å². The van der Waals surface area contributed by atoms with E-state index in [-0.39, 0.29) is 12.2 Å². The van der Waals surface area contributed by atoms with Crippen molar-refractivity contribution >= 4 is 45.1 Å². The van der Waals surface area contributed by atoms with Crippen molar-refractivity contribution in [2.24, 2.45) is 4.99 Å². The number of nitrogens with zero attached hydrogens (tertiary/aromatic N) is 3. The number of thiazole rings is 1. The quantitative estimate of drug-likeness (QED) is 0.211. The molecule has 3 heterocycles. The SMILES string of the molecule is C=CCn1c(C)c(/C=c2/sc3n(c2=O)[C@@H](c2cccc4ccccc24)C(C(=O)OCC)=C(C)N=3)c2ccccc21. The Balaban J connectivity index is 1.64. The van der Waals surface area contributed by atoms with Crippen molar-refractivity contribution in [1.82, 2.24) is 9.13 Å². The van der Waals surface area contributed by atoms with E-state index in [1.807, 2.05) is 73.7 Å². The van der Waals surface area contributed by atoms with Gasteiger partial charge in [0, 0.05) is 28.7 Å². The number of hydrogen-bond acceptors (Lipinski definition) is 5. The van der Waals surface area contributed by atoms with Gasteiger partial charge in [-0.05, 0) is 49.2 Å². The molecule has 0 aliphatic carbocycles. The third-order valence-electron chi connectivity index (χ3n) is 7.50. The van der Waals surface area contributed by atoms with Gasteiger partial charge in [0.15, 0.2) is 4.80 Å². The summed E-state index contributed by atoms with van der Waals surface area (Å²) in [5, 5.41) is 3.08. The highest BCUT2D eigenvalue weighted by Gasteiger charge is 2.34. The largest absolute Gasteiger partial charge is 0.463 e. The fourth-order valence-electron chi connectivity index (χ4n) is 5.71. The lowest BCUT2D eigenvalue weighted by Crippen LogP contribution is -2.40. The topological polar surface area (TPSA) is 65.6 Å². The summed E-state index contributed by atoms with van der Waals surface area (Å²) in [6.45, 7) is 10.5. The maximum absolute atomic E-state index is 14.2. The van der Waals surface area contributed by atoms with Gasteiger partial charge in [-0.1, -0.05) is 78.1 Å². The van der Waals surface area contributed by atoms with Crippen molar-refractivity contribution < 1.29 is 9.53 Å². The zero-order chi connectivity index (χ0) is 28.0. The van der Waals surface area contributed by atoms with Crippen LogP contribution in [0.2, 0.25) is 0 Å². The Labute approximate surface area is 235 Å². The van der Waals surface area contributed by atoms with Gasteiger partial charge < -0.3 is 9.30 Å². The molecule has 0 saturated heterocycles. The van der Waals surface area contributed by atoms with E-state index in [0.29, 0.717) is 27.1 Å². The van der Waals surface area contributed by atoms with Crippen molar-refractivity contribution in [3.8, 4) is 0 Å². The zero-order valence-electron chi connectivity index (χ0n) is 22.7. The van der Waals surface area contributed by atoms with Crippen LogP contribution < -0.4 is 14.9 Å². The summed E-state index contributed by atoms with van der Waals surface area (Å²) in [5.41, 5.74) is 4.76. The molecular formula is C33H29N3O3S. The minimum atomic E-state index is -0.660. The molecule has 1 aliphatic rings. The van der Waals surface area contributed by atoms with Gasteiger partial charge >= 0.3 is 5.97 Å². The van der Waals surface area contributed by atoms with Crippen molar-refractivity contribution in [2.75, 3.05) is 6.61 Å². The molecule has 0 bridgehead atoms. The lowest BCUT2D eigenvalue weighted by molar-refractivity contribution is -0.139. The van der Waals surface area contributed by atoms with Gasteiger partial charge in [-0.25, -0.2) is 9.79 Å². The predicted octanol–water partition coefficient (Wildman–Crippen LogP) is 5.40. The second-order valence-corrected chi connectivity index (χ2v) is 10.8. The number of carbonyl (C=O) groups is 1. The fourth-order valence-corrected chi connectivity index (χ4v) is 6.74. The van der Waals surface area contributed by atoms with Gasteiger partial charge in [0.2, 0.25) is 0 Å². The lowest BCUT2D eigenvalue weighted by Gasteiger charge is -2.25. The number of para-hydroxylation sites is 1. The van der Waals surface area contributed by atoms with Gasteiger partial charge in [-0.3, -0.25) is 9.36 Å². The smallest absolute Gasteiger partial charge is 0.338 e. The molecule has 3 aromatic carbocycles. The number of hydrogen-bond donors (Lipinski definition) is 0. The summed E-state index contributed by atoms with van der Waals surface area (Å²) < 4.78 is 9.90. The Morgan fingerprint density at radius 3 is 2.55 bits per heavy atom. The summed E-state index contributed by atoms with van der Waals surface area (Å²) in [5.74, 6) is -0.459. The first-order chi connectivity index (χ1) is 19.4. The Kier molecular flexibility index (Phi) is 6.60. The van der Waals surface area contributed by atoms with Crippen molar-refractivity contribution in [3.05, 3.63) is 127 Å². The molecule has 2 aromatic heterocycles. The summed E-state index contributed by atoms with van der Waals surface area (Å²) in [4.78, 5) is 32.9. The van der Waals surface area contributed by atoms with Gasteiger partial charge in [0.05, 0.1) is 28.5 Å². The molecule has 7 heteroatoms. The third kappa shape index (κ3) is 4.05. The highest BCUT2D eigenvalue weighted by atomic mass is 32.1. The highest BCUT2D eigenvalue weighted by molar-refractivity contribution is 7.07. The van der Waals surface area contributed by atoms with E-state index in [4.69, 9.17) is 9.73 Å². The predicted molar refractivity (Wildman–Crippen MR) is 161 cm³/mol. The Bertz CT molecular complexity index is 2040. The standard InChI is InChI=1S/C33H29N3O3S/c1-5-18-35-21(4)26(24-15-9-10-17-27(24)35)19-28-31(37)36-30(25-16-11-13-22-12-7-8-14-23(22)25)29(32(38)39-6-2)20(3)34-33(36)40-28/h5,7-17,19,30H,1,6,18H2,2-4H3/b28-19+/t30-/m0/s1. The Hall–Kier alpha value is -4.49. The fraction of sp³-hybridized carbons (Fsp3) is 0.182. The number of esters is 1. The molecule has 0 saturated carbocycles. The van der Waals surface area contributed by atoms with Crippen LogP contribution in [0, 0.1) is 6.92 Å². The number of benzene rings is 3. The Morgan fingerprint density at radius 1 is 1.05 bits per heavy atom. The van der Waals surface area contributed by atoms with Crippen molar-refractivity contribution in [1.29, 1.82) is 0 Å². The average Bonchev–Trinajstić information content (AvgIpc) is 3.41. The van der Waals surface area contributed by atoms with Gasteiger partial charge in [-0.2, -0.15) is 0 Å². The molecular weight excluding hydrogens is 518 g/mol. The van der Waals surface area contributed by atoms with Crippen molar-refractivity contribution in [3.63, 3.8) is 0 Å². The summed E-state index contributed by atoms with van der Waals surface area (Å²) in [6, 6.07) is 21.5. The van der Waals surface area contributed by atoms with Crippen LogP contribution in [0.5, 0.6) is 0 Å². The molecule has 6 nitrogen and oxygen atoms in total. The molecule has 40 heavy (non-hydrogen) atoms. The number of rotatable bonds is 6. The molecule has 1 atom stereocenters. The van der Waals surface area contributed by atoms with Crippen LogP contribution in [0.3, 0.4) is 0 Å². The molecule has 0 N–H and O–H groups in total. The first kappa shape index (κ1) is 25.8. The summed E-state index contributed by atoms with van der Waals surface area (Å²) >= 11 is 1.34. The van der Waals surface area contributed by atoms with E-state index < -0.39 is 12.0 Å². The van der Waals surface area contributed by atoms with Crippen LogP contribution in [-0.4, -0.2) is 21.7 Å². The minimum Gasteiger partial charge on any atom is -0.463 e. The van der Waals surface area contributed by atoms with Crippen LogP contribution in [0.15, 0.2) is 100 Å². The van der Waals surface area contributed by atoms with Crippen LogP contribution in [0.1, 0.15) is 36.7 Å². The number of carbonyl (C=O) groups excluding carboxylic acids is 1. The van der Waals surface area contributed by atoms with E-state index in [1.54, 1.807) is 11.5 Å². The first-order valence-electron chi connectivity index (χ1n) is 13.3. The molecule has 0 unspecified atom stereocenters. The van der Waals surface area contributed by atoms with Crippen LogP contribution in [0.25, 0.3) is 27.8 Å². The zero-order valence-corrected chi connectivity index (χ0v) is 23.5. The molecule has 0 spiro atoms. The van der Waals surface area contributed by atoms with Gasteiger partial charge in [-0.15, -0.1) is 6.58 Å². The van der Waals surface area contributed by atoms with E-state index in [1.165, 1.54) is 11.3 Å². The van der Waals surface area contributed by atoms with E-state index >= 15 is 0 Å². The van der Waals surface area contributed by atoms with Crippen LogP contribution >= 0.6 is 11.3 Å². The number of ether oxygens (including phenoxy) is 1. The maximum Gasteiger partial charge on any atom is 0.338 e. The number of aromatic nitrogens is 2. The molecule has 5 aromatic rings. The molecule has 0 amide bonds. The summed E-state index contributed by atoms with van der Waals surface area (Å²) in [6.07, 6.45) is 3.84. The van der Waals surface area contributed by atoms with E-state index in [9.17, 15) is 9.59 Å². The molecule has 1 aliphatic heterocycles. The van der Waals surface area contributed by atoms with Crippen LogP contribution in [0.4, 0.5) is 0 Å². The normalized spacial score (nSPS) is 15.4. The number of allylic oxidation sites excluding steroid dienone is 2. The van der Waals surface area contributed by atoms with Crippen molar-refractivity contribution in [2.45, 2.75) is 33.4 Å². The van der Waals surface area contributed by atoms with Crippen LogP contribution in [-0.2, 0) is 16.1 Å². The summed E-state index contributed by atoms with van der Waals surface area (Å²) in [7, 11) is 0. The second-order valence-electron chi connectivity index (χ2n) is 9.79. The number of fused-ring (bicyclic) bond motifs is 3. The average molecular weight is 548 g/mol. The minimum absolute atomic E-state index is 0.184. The Morgan fingerprint density at radius 2 is 1.77 bits per heavy atom. The second kappa shape index (κ2) is 10.2. The molecule has 0 radical (unpaired) electrons. The third-order valence-corrected chi connectivity index (χ3v) is 8.48. The monoisotopic (exact) mass is 547 g/mol. The molecule has 6 rings (SSSR count).